The first-order valence-electron chi connectivity index (χ1n) is 6.49. The fraction of sp³-hybridized carbons (Fsp3) is 0.538. The normalized spacial score (nSPS) is 17.4. The van der Waals surface area contributed by atoms with Gasteiger partial charge in [0, 0.05) is 16.2 Å². The van der Waals surface area contributed by atoms with Gasteiger partial charge >= 0.3 is 0 Å². The molecule has 1 aliphatic rings. The molecule has 1 aliphatic carbocycles. The molecule has 6 heteroatoms. The van der Waals surface area contributed by atoms with Gasteiger partial charge in [0.25, 0.3) is 0 Å². The van der Waals surface area contributed by atoms with Gasteiger partial charge in [-0.2, -0.15) is 0 Å². The summed E-state index contributed by atoms with van der Waals surface area (Å²) < 4.78 is 28.1. The van der Waals surface area contributed by atoms with Gasteiger partial charge in [-0.3, -0.25) is 0 Å². The first-order chi connectivity index (χ1) is 8.92. The van der Waals surface area contributed by atoms with Crippen LogP contribution in [-0.2, 0) is 10.0 Å². The van der Waals surface area contributed by atoms with Gasteiger partial charge in [-0.05, 0) is 52.9 Å². The number of benzene rings is 1. The van der Waals surface area contributed by atoms with Crippen molar-refractivity contribution in [1.29, 1.82) is 0 Å². The molecule has 2 rings (SSSR count). The predicted octanol–water partition coefficient (Wildman–Crippen LogP) is 2.89. The molecule has 0 saturated heterocycles. The fourth-order valence-corrected chi connectivity index (χ4v) is 4.39. The van der Waals surface area contributed by atoms with Crippen molar-refractivity contribution in [2.75, 3.05) is 5.73 Å². The van der Waals surface area contributed by atoms with Gasteiger partial charge in [0.2, 0.25) is 10.0 Å². The Labute approximate surface area is 122 Å². The topological polar surface area (TPSA) is 72.2 Å². The first-order valence-corrected chi connectivity index (χ1v) is 8.77. The van der Waals surface area contributed by atoms with Crippen LogP contribution in [0.3, 0.4) is 0 Å². The molecule has 0 amide bonds. The lowest BCUT2D eigenvalue weighted by atomic mass is 10.1. The molecule has 1 unspecified atom stereocenters. The molecule has 1 fully saturated rings. The first kappa shape index (κ1) is 14.8. The Bertz CT molecular complexity index is 556. The van der Waals surface area contributed by atoms with Crippen molar-refractivity contribution < 1.29 is 8.42 Å². The maximum Gasteiger partial charge on any atom is 0.242 e. The third kappa shape index (κ3) is 3.94. The number of nitrogen functional groups attached to an aromatic ring is 1. The van der Waals surface area contributed by atoms with E-state index in [-0.39, 0.29) is 10.9 Å². The van der Waals surface area contributed by atoms with E-state index in [2.05, 4.69) is 20.7 Å². The number of nitrogens with two attached hydrogens (primary N) is 1. The van der Waals surface area contributed by atoms with Gasteiger partial charge in [-0.25, -0.2) is 13.1 Å². The van der Waals surface area contributed by atoms with Gasteiger partial charge < -0.3 is 5.73 Å². The van der Waals surface area contributed by atoms with Gasteiger partial charge in [0.1, 0.15) is 0 Å². The van der Waals surface area contributed by atoms with Crippen LogP contribution in [0, 0.1) is 5.92 Å². The maximum absolute atomic E-state index is 12.4. The summed E-state index contributed by atoms with van der Waals surface area (Å²) in [7, 11) is -3.52. The minimum atomic E-state index is -3.52. The zero-order valence-electron chi connectivity index (χ0n) is 10.9. The quantitative estimate of drug-likeness (QED) is 0.778. The number of sulfonamides is 1. The second-order valence-electron chi connectivity index (χ2n) is 5.10. The molecule has 3 N–H and O–H groups in total. The second kappa shape index (κ2) is 5.81. The van der Waals surface area contributed by atoms with Crippen LogP contribution >= 0.6 is 15.9 Å². The summed E-state index contributed by atoms with van der Waals surface area (Å²) in [6.45, 7) is 2.00. The van der Waals surface area contributed by atoms with E-state index >= 15 is 0 Å². The van der Waals surface area contributed by atoms with Crippen LogP contribution in [0.5, 0.6) is 0 Å². The Morgan fingerprint density at radius 2 is 2.16 bits per heavy atom. The Morgan fingerprint density at radius 3 is 2.74 bits per heavy atom. The van der Waals surface area contributed by atoms with Crippen LogP contribution in [0.4, 0.5) is 5.69 Å². The lowest BCUT2D eigenvalue weighted by Gasteiger charge is -2.17. The highest BCUT2D eigenvalue weighted by atomic mass is 79.9. The van der Waals surface area contributed by atoms with Gasteiger partial charge in [-0.1, -0.05) is 19.8 Å². The van der Waals surface area contributed by atoms with Crippen LogP contribution < -0.4 is 10.5 Å². The average molecular weight is 347 g/mol. The molecule has 1 aromatic carbocycles. The monoisotopic (exact) mass is 346 g/mol. The van der Waals surface area contributed by atoms with E-state index < -0.39 is 10.0 Å². The summed E-state index contributed by atoms with van der Waals surface area (Å²) in [5.74, 6) is 0.692. The Hall–Kier alpha value is -0.590. The minimum Gasteiger partial charge on any atom is -0.399 e. The minimum absolute atomic E-state index is 0.00540. The van der Waals surface area contributed by atoms with Crippen LogP contribution in [0.25, 0.3) is 0 Å². The Balaban J connectivity index is 2.18. The molecule has 0 bridgehead atoms. The highest BCUT2D eigenvalue weighted by Crippen LogP contribution is 2.34. The van der Waals surface area contributed by atoms with Crippen LogP contribution in [0.15, 0.2) is 27.6 Å². The second-order valence-corrected chi connectivity index (χ2v) is 7.63. The molecule has 1 aromatic rings. The SMILES string of the molecule is CCC(CC1CC1)NS(=O)(=O)c1cc(N)ccc1Br. The largest absolute Gasteiger partial charge is 0.399 e. The molecular weight excluding hydrogens is 328 g/mol. The van der Waals surface area contributed by atoms with E-state index in [4.69, 9.17) is 5.73 Å². The number of nitrogens with one attached hydrogen (secondary N) is 1. The lowest BCUT2D eigenvalue weighted by molar-refractivity contribution is 0.495. The molecule has 0 aromatic heterocycles. The van der Waals surface area contributed by atoms with E-state index in [0.29, 0.717) is 16.1 Å². The third-order valence-corrected chi connectivity index (χ3v) is 5.89. The van der Waals surface area contributed by atoms with E-state index in [1.165, 1.54) is 18.9 Å². The van der Waals surface area contributed by atoms with Crippen molar-refractivity contribution in [2.24, 2.45) is 5.92 Å². The number of anilines is 1. The molecule has 106 valence electrons. The third-order valence-electron chi connectivity index (χ3n) is 3.37. The van der Waals surface area contributed by atoms with Crippen molar-refractivity contribution in [3.8, 4) is 0 Å². The summed E-state index contributed by atoms with van der Waals surface area (Å²) in [6, 6.07) is 4.82. The summed E-state index contributed by atoms with van der Waals surface area (Å²) in [6.07, 6.45) is 4.17. The van der Waals surface area contributed by atoms with E-state index in [0.717, 1.165) is 12.8 Å². The van der Waals surface area contributed by atoms with Crippen molar-refractivity contribution in [1.82, 2.24) is 4.72 Å². The fourth-order valence-electron chi connectivity index (χ4n) is 2.06. The highest BCUT2D eigenvalue weighted by Gasteiger charge is 2.28. The molecule has 0 radical (unpaired) electrons. The molecular formula is C13H19BrN2O2S. The number of hydrogen-bond acceptors (Lipinski definition) is 3. The lowest BCUT2D eigenvalue weighted by Crippen LogP contribution is -2.35. The van der Waals surface area contributed by atoms with Crippen LogP contribution in [0.1, 0.15) is 32.6 Å². The van der Waals surface area contributed by atoms with Crippen molar-refractivity contribution in [3.05, 3.63) is 22.7 Å². The summed E-state index contributed by atoms with van der Waals surface area (Å²) in [4.78, 5) is 0.210. The molecule has 0 aliphatic heterocycles. The number of halogens is 1. The van der Waals surface area contributed by atoms with Crippen LogP contribution in [0.2, 0.25) is 0 Å². The smallest absolute Gasteiger partial charge is 0.242 e. The van der Waals surface area contributed by atoms with Gasteiger partial charge in [-0.15, -0.1) is 0 Å². The zero-order valence-corrected chi connectivity index (χ0v) is 13.3. The average Bonchev–Trinajstić information content (AvgIpc) is 3.15. The zero-order chi connectivity index (χ0) is 14.0. The standard InChI is InChI=1S/C13H19BrN2O2S/c1-2-11(7-9-3-4-9)16-19(17,18)13-8-10(15)5-6-12(13)14/h5-6,8-9,11,16H,2-4,7,15H2,1H3. The summed E-state index contributed by atoms with van der Waals surface area (Å²) >= 11 is 3.27. The molecule has 1 atom stereocenters. The van der Waals surface area contributed by atoms with E-state index in [9.17, 15) is 8.42 Å². The van der Waals surface area contributed by atoms with Crippen molar-refractivity contribution in [3.63, 3.8) is 0 Å². The Morgan fingerprint density at radius 1 is 1.47 bits per heavy atom. The molecule has 0 heterocycles. The summed E-state index contributed by atoms with van der Waals surface area (Å²) in [5.41, 5.74) is 6.11. The number of hydrogen-bond donors (Lipinski definition) is 2. The van der Waals surface area contributed by atoms with E-state index in [1.807, 2.05) is 6.92 Å². The van der Waals surface area contributed by atoms with Crippen molar-refractivity contribution >= 4 is 31.6 Å². The van der Waals surface area contributed by atoms with Crippen LogP contribution in [-0.4, -0.2) is 14.5 Å². The molecule has 19 heavy (non-hydrogen) atoms. The maximum atomic E-state index is 12.4. The highest BCUT2D eigenvalue weighted by molar-refractivity contribution is 9.10. The van der Waals surface area contributed by atoms with Gasteiger partial charge in [0.05, 0.1) is 4.90 Å². The Kier molecular flexibility index (Phi) is 4.53. The molecule has 1 saturated carbocycles. The summed E-state index contributed by atoms with van der Waals surface area (Å²) in [5, 5.41) is 0. The molecule has 4 nitrogen and oxygen atoms in total. The van der Waals surface area contributed by atoms with Gasteiger partial charge in [0.15, 0.2) is 0 Å². The predicted molar refractivity (Wildman–Crippen MR) is 80.3 cm³/mol. The van der Waals surface area contributed by atoms with E-state index in [1.54, 1.807) is 12.1 Å². The van der Waals surface area contributed by atoms with Crippen molar-refractivity contribution in [2.45, 2.75) is 43.5 Å². The number of rotatable bonds is 6. The molecule has 0 spiro atoms.